The van der Waals surface area contributed by atoms with Gasteiger partial charge in [-0.15, -0.1) is 0 Å². The Kier molecular flexibility index (Phi) is 6.52. The third kappa shape index (κ3) is 4.65. The largest absolute Gasteiger partial charge is 0.380 e. The summed E-state index contributed by atoms with van der Waals surface area (Å²) in [5, 5.41) is 7.11. The number of ether oxygens (including phenoxy) is 1. The summed E-state index contributed by atoms with van der Waals surface area (Å²) in [5.74, 6) is -0.108. The molecule has 0 bridgehead atoms. The number of carbonyl (C=O) groups excluding carboxylic acids is 1. The van der Waals surface area contributed by atoms with Crippen molar-refractivity contribution >= 4 is 5.91 Å². The number of nitrogens with zero attached hydrogens (tertiary/aromatic N) is 2. The van der Waals surface area contributed by atoms with Gasteiger partial charge >= 0.3 is 0 Å². The van der Waals surface area contributed by atoms with Crippen molar-refractivity contribution in [2.45, 2.75) is 39.8 Å². The van der Waals surface area contributed by atoms with Crippen LogP contribution in [0.3, 0.4) is 0 Å². The molecule has 0 saturated heterocycles. The number of amides is 1. The minimum Gasteiger partial charge on any atom is -0.380 e. The van der Waals surface area contributed by atoms with Crippen molar-refractivity contribution in [3.05, 3.63) is 17.5 Å². The second-order valence-corrected chi connectivity index (χ2v) is 4.54. The molecule has 108 valence electrons. The van der Waals surface area contributed by atoms with Crippen LogP contribution in [-0.2, 0) is 11.3 Å². The molecule has 0 spiro atoms. The second-order valence-electron chi connectivity index (χ2n) is 4.54. The normalized spacial score (nSPS) is 12.4. The molecule has 3 N–H and O–H groups in total. The van der Waals surface area contributed by atoms with Gasteiger partial charge in [-0.1, -0.05) is 0 Å². The summed E-state index contributed by atoms with van der Waals surface area (Å²) in [4.78, 5) is 12.1. The monoisotopic (exact) mass is 268 g/mol. The molecular weight excluding hydrogens is 244 g/mol. The van der Waals surface area contributed by atoms with Crippen molar-refractivity contribution in [1.29, 1.82) is 0 Å². The highest BCUT2D eigenvalue weighted by atomic mass is 16.5. The molecule has 0 fully saturated rings. The van der Waals surface area contributed by atoms with Crippen LogP contribution in [0.5, 0.6) is 0 Å². The van der Waals surface area contributed by atoms with E-state index in [0.717, 1.165) is 18.7 Å². The smallest absolute Gasteiger partial charge is 0.255 e. The summed E-state index contributed by atoms with van der Waals surface area (Å²) in [5.41, 5.74) is 6.95. The van der Waals surface area contributed by atoms with Crippen LogP contribution in [-0.4, -0.2) is 41.5 Å². The maximum atomic E-state index is 12.1. The van der Waals surface area contributed by atoms with E-state index in [4.69, 9.17) is 10.5 Å². The molecule has 1 atom stereocenters. The number of hydrogen-bond donors (Lipinski definition) is 2. The van der Waals surface area contributed by atoms with Gasteiger partial charge in [-0.3, -0.25) is 9.48 Å². The SMILES string of the molecule is CCOCC(C)NC(=O)c1cnn(CCCN)c1C. The molecule has 0 saturated carbocycles. The third-order valence-electron chi connectivity index (χ3n) is 2.87. The zero-order valence-electron chi connectivity index (χ0n) is 12.0. The number of carbonyl (C=O) groups is 1. The van der Waals surface area contributed by atoms with Gasteiger partial charge in [0, 0.05) is 24.9 Å². The summed E-state index contributed by atoms with van der Waals surface area (Å²) in [6.45, 7) is 8.27. The molecule has 0 aromatic carbocycles. The van der Waals surface area contributed by atoms with E-state index in [-0.39, 0.29) is 11.9 Å². The van der Waals surface area contributed by atoms with E-state index in [0.29, 0.717) is 25.3 Å². The Morgan fingerprint density at radius 3 is 3.00 bits per heavy atom. The number of nitrogens with two attached hydrogens (primary N) is 1. The number of hydrogen-bond acceptors (Lipinski definition) is 4. The molecule has 1 rings (SSSR count). The maximum Gasteiger partial charge on any atom is 0.255 e. The van der Waals surface area contributed by atoms with Crippen LogP contribution in [0.15, 0.2) is 6.20 Å². The predicted molar refractivity (Wildman–Crippen MR) is 74.1 cm³/mol. The molecule has 0 aliphatic rings. The summed E-state index contributed by atoms with van der Waals surface area (Å²) < 4.78 is 7.09. The molecule has 0 aliphatic carbocycles. The van der Waals surface area contributed by atoms with Crippen LogP contribution in [0.25, 0.3) is 0 Å². The summed E-state index contributed by atoms with van der Waals surface area (Å²) in [7, 11) is 0. The average Bonchev–Trinajstić information content (AvgIpc) is 2.75. The first-order valence-electron chi connectivity index (χ1n) is 6.71. The van der Waals surface area contributed by atoms with Crippen LogP contribution in [0.4, 0.5) is 0 Å². The van der Waals surface area contributed by atoms with Gasteiger partial charge in [0.15, 0.2) is 0 Å². The van der Waals surface area contributed by atoms with Gasteiger partial charge in [0.2, 0.25) is 0 Å². The van der Waals surface area contributed by atoms with E-state index in [1.165, 1.54) is 0 Å². The van der Waals surface area contributed by atoms with E-state index in [1.807, 2.05) is 25.5 Å². The van der Waals surface area contributed by atoms with Crippen molar-refractivity contribution in [2.24, 2.45) is 5.73 Å². The minimum absolute atomic E-state index is 0.0146. The molecule has 0 radical (unpaired) electrons. The summed E-state index contributed by atoms with van der Waals surface area (Å²) in [6.07, 6.45) is 2.46. The van der Waals surface area contributed by atoms with Gasteiger partial charge in [-0.25, -0.2) is 0 Å². The Hall–Kier alpha value is -1.40. The quantitative estimate of drug-likeness (QED) is 0.727. The molecule has 1 heterocycles. The van der Waals surface area contributed by atoms with Crippen LogP contribution in [0, 0.1) is 6.92 Å². The molecule has 1 aromatic heterocycles. The van der Waals surface area contributed by atoms with Crippen molar-refractivity contribution < 1.29 is 9.53 Å². The fourth-order valence-corrected chi connectivity index (χ4v) is 1.77. The maximum absolute atomic E-state index is 12.1. The van der Waals surface area contributed by atoms with E-state index < -0.39 is 0 Å². The Labute approximate surface area is 114 Å². The van der Waals surface area contributed by atoms with Gasteiger partial charge in [0.1, 0.15) is 0 Å². The lowest BCUT2D eigenvalue weighted by atomic mass is 10.2. The lowest BCUT2D eigenvalue weighted by Crippen LogP contribution is -2.36. The average molecular weight is 268 g/mol. The topological polar surface area (TPSA) is 82.2 Å². The molecule has 1 amide bonds. The van der Waals surface area contributed by atoms with Gasteiger partial charge in [-0.05, 0) is 33.7 Å². The number of rotatable bonds is 8. The fraction of sp³-hybridized carbons (Fsp3) is 0.692. The van der Waals surface area contributed by atoms with E-state index in [2.05, 4.69) is 10.4 Å². The van der Waals surface area contributed by atoms with E-state index in [9.17, 15) is 4.79 Å². The first-order chi connectivity index (χ1) is 9.10. The highest BCUT2D eigenvalue weighted by molar-refractivity contribution is 5.95. The third-order valence-corrected chi connectivity index (χ3v) is 2.87. The van der Waals surface area contributed by atoms with Crippen LogP contribution >= 0.6 is 0 Å². The molecule has 19 heavy (non-hydrogen) atoms. The summed E-state index contributed by atoms with van der Waals surface area (Å²) in [6, 6.07) is -0.0146. The molecule has 1 aromatic rings. The Bertz CT molecular complexity index is 403. The van der Waals surface area contributed by atoms with Crippen molar-refractivity contribution in [3.8, 4) is 0 Å². The lowest BCUT2D eigenvalue weighted by molar-refractivity contribution is 0.0871. The van der Waals surface area contributed by atoms with Gasteiger partial charge in [0.25, 0.3) is 5.91 Å². The molecule has 6 nitrogen and oxygen atoms in total. The molecule has 1 unspecified atom stereocenters. The number of aromatic nitrogens is 2. The van der Waals surface area contributed by atoms with Gasteiger partial charge in [0.05, 0.1) is 18.4 Å². The minimum atomic E-state index is -0.108. The van der Waals surface area contributed by atoms with Crippen molar-refractivity contribution in [2.75, 3.05) is 19.8 Å². The van der Waals surface area contributed by atoms with E-state index in [1.54, 1.807) is 6.20 Å². The first-order valence-corrected chi connectivity index (χ1v) is 6.71. The standard InChI is InChI=1S/C13H24N4O2/c1-4-19-9-10(2)16-13(18)12-8-15-17(11(12)3)7-5-6-14/h8,10H,4-7,9,14H2,1-3H3,(H,16,18). The predicted octanol–water partition coefficient (Wildman–Crippen LogP) is 0.695. The highest BCUT2D eigenvalue weighted by Gasteiger charge is 2.15. The van der Waals surface area contributed by atoms with Crippen molar-refractivity contribution in [1.82, 2.24) is 15.1 Å². The van der Waals surface area contributed by atoms with Crippen molar-refractivity contribution in [3.63, 3.8) is 0 Å². The van der Waals surface area contributed by atoms with Crippen LogP contribution in [0.1, 0.15) is 36.3 Å². The Balaban J connectivity index is 2.59. The molecule has 6 heteroatoms. The highest BCUT2D eigenvalue weighted by Crippen LogP contribution is 2.08. The lowest BCUT2D eigenvalue weighted by Gasteiger charge is -2.13. The Morgan fingerprint density at radius 1 is 1.63 bits per heavy atom. The number of aryl methyl sites for hydroxylation is 1. The van der Waals surface area contributed by atoms with Gasteiger partial charge < -0.3 is 15.8 Å². The summed E-state index contributed by atoms with van der Waals surface area (Å²) >= 11 is 0. The number of nitrogens with one attached hydrogen (secondary N) is 1. The molecular formula is C13H24N4O2. The second kappa shape index (κ2) is 7.91. The zero-order chi connectivity index (χ0) is 14.3. The van der Waals surface area contributed by atoms with Crippen LogP contribution < -0.4 is 11.1 Å². The van der Waals surface area contributed by atoms with Gasteiger partial charge in [-0.2, -0.15) is 5.10 Å². The molecule has 0 aliphatic heterocycles. The zero-order valence-corrected chi connectivity index (χ0v) is 12.0. The fourth-order valence-electron chi connectivity index (χ4n) is 1.77. The first kappa shape index (κ1) is 15.7. The van der Waals surface area contributed by atoms with Crippen LogP contribution in [0.2, 0.25) is 0 Å². The Morgan fingerprint density at radius 2 is 2.37 bits per heavy atom. The van der Waals surface area contributed by atoms with E-state index >= 15 is 0 Å².